The van der Waals surface area contributed by atoms with E-state index in [1.165, 1.54) is 12.1 Å². The molecule has 1 aliphatic heterocycles. The first kappa shape index (κ1) is 16.2. The number of rotatable bonds is 4. The van der Waals surface area contributed by atoms with Crippen LogP contribution in [0, 0.1) is 0 Å². The van der Waals surface area contributed by atoms with E-state index < -0.39 is 6.61 Å². The van der Waals surface area contributed by atoms with Gasteiger partial charge >= 0.3 is 6.61 Å². The standard InChI is InChI=1S/C17H16F2N2O3/c18-17(19)23-13-6-4-10-5-7-14(24-15(10)9-13)11-2-1-3-12(8-11)16(22)21-20/h1-4,6,8-9,14,17H,5,7,20H2,(H,21,22). The maximum atomic E-state index is 12.3. The van der Waals surface area contributed by atoms with Gasteiger partial charge in [0.2, 0.25) is 0 Å². The first-order valence-corrected chi connectivity index (χ1v) is 7.42. The lowest BCUT2D eigenvalue weighted by atomic mass is 9.96. The van der Waals surface area contributed by atoms with Gasteiger partial charge in [0.15, 0.2) is 0 Å². The minimum absolute atomic E-state index is 0.0562. The van der Waals surface area contributed by atoms with Crippen molar-refractivity contribution in [3.05, 3.63) is 59.2 Å². The second-order valence-electron chi connectivity index (χ2n) is 5.39. The zero-order chi connectivity index (χ0) is 17.1. The fourth-order valence-corrected chi connectivity index (χ4v) is 2.72. The molecule has 0 aromatic heterocycles. The summed E-state index contributed by atoms with van der Waals surface area (Å²) in [5.74, 6) is 5.33. The second kappa shape index (κ2) is 6.84. The van der Waals surface area contributed by atoms with E-state index in [1.807, 2.05) is 6.07 Å². The van der Waals surface area contributed by atoms with Crippen molar-refractivity contribution in [3.63, 3.8) is 0 Å². The minimum atomic E-state index is -2.88. The average molecular weight is 334 g/mol. The molecule has 0 radical (unpaired) electrons. The maximum Gasteiger partial charge on any atom is 0.387 e. The van der Waals surface area contributed by atoms with E-state index in [9.17, 15) is 13.6 Å². The average Bonchev–Trinajstić information content (AvgIpc) is 2.60. The highest BCUT2D eigenvalue weighted by molar-refractivity contribution is 5.93. The molecule has 7 heteroatoms. The van der Waals surface area contributed by atoms with Crippen molar-refractivity contribution in [1.29, 1.82) is 0 Å². The van der Waals surface area contributed by atoms with Gasteiger partial charge in [-0.1, -0.05) is 18.2 Å². The largest absolute Gasteiger partial charge is 0.485 e. The van der Waals surface area contributed by atoms with Crippen molar-refractivity contribution in [2.45, 2.75) is 25.6 Å². The number of fused-ring (bicyclic) bond motifs is 1. The summed E-state index contributed by atoms with van der Waals surface area (Å²) < 4.78 is 35.0. The molecule has 126 valence electrons. The number of amides is 1. The Morgan fingerprint density at radius 1 is 1.29 bits per heavy atom. The Kier molecular flexibility index (Phi) is 4.61. The highest BCUT2D eigenvalue weighted by atomic mass is 19.3. The molecule has 1 aliphatic rings. The molecule has 0 saturated heterocycles. The topological polar surface area (TPSA) is 73.6 Å². The Balaban J connectivity index is 1.82. The van der Waals surface area contributed by atoms with Gasteiger partial charge in [-0.05, 0) is 42.2 Å². The van der Waals surface area contributed by atoms with E-state index in [-0.39, 0.29) is 17.8 Å². The van der Waals surface area contributed by atoms with E-state index in [4.69, 9.17) is 10.6 Å². The molecule has 1 heterocycles. The molecule has 3 rings (SSSR count). The molecule has 0 bridgehead atoms. The fourth-order valence-electron chi connectivity index (χ4n) is 2.72. The van der Waals surface area contributed by atoms with Gasteiger partial charge in [-0.25, -0.2) is 5.84 Å². The lowest BCUT2D eigenvalue weighted by molar-refractivity contribution is -0.0500. The molecular weight excluding hydrogens is 318 g/mol. The van der Waals surface area contributed by atoms with E-state index in [0.29, 0.717) is 11.3 Å². The maximum absolute atomic E-state index is 12.3. The number of nitrogens with two attached hydrogens (primary N) is 1. The second-order valence-corrected chi connectivity index (χ2v) is 5.39. The van der Waals surface area contributed by atoms with Crippen LogP contribution < -0.4 is 20.7 Å². The van der Waals surface area contributed by atoms with Crippen LogP contribution in [0.15, 0.2) is 42.5 Å². The van der Waals surface area contributed by atoms with Crippen molar-refractivity contribution in [2.75, 3.05) is 0 Å². The molecule has 0 spiro atoms. The predicted molar refractivity (Wildman–Crippen MR) is 82.9 cm³/mol. The Labute approximate surface area is 137 Å². The zero-order valence-corrected chi connectivity index (χ0v) is 12.7. The molecule has 1 unspecified atom stereocenters. The van der Waals surface area contributed by atoms with Gasteiger partial charge in [0.1, 0.15) is 17.6 Å². The summed E-state index contributed by atoms with van der Waals surface area (Å²) >= 11 is 0. The normalized spacial score (nSPS) is 16.2. The first-order chi connectivity index (χ1) is 11.6. The van der Waals surface area contributed by atoms with Crippen molar-refractivity contribution in [1.82, 2.24) is 5.43 Å². The molecule has 24 heavy (non-hydrogen) atoms. The quantitative estimate of drug-likeness (QED) is 0.512. The summed E-state index contributed by atoms with van der Waals surface area (Å²) in [6.45, 7) is -2.88. The number of halogens is 2. The van der Waals surface area contributed by atoms with Gasteiger partial charge in [0.25, 0.3) is 5.91 Å². The molecule has 2 aromatic rings. The molecule has 5 nitrogen and oxygen atoms in total. The number of nitrogen functional groups attached to an aromatic ring is 1. The van der Waals surface area contributed by atoms with Crippen molar-refractivity contribution in [3.8, 4) is 11.5 Å². The van der Waals surface area contributed by atoms with Crippen LogP contribution in [0.4, 0.5) is 8.78 Å². The van der Waals surface area contributed by atoms with Crippen molar-refractivity contribution >= 4 is 5.91 Å². The van der Waals surface area contributed by atoms with Crippen LogP contribution in [-0.4, -0.2) is 12.5 Å². The third-order valence-electron chi connectivity index (χ3n) is 3.86. The number of ether oxygens (including phenoxy) is 2. The first-order valence-electron chi connectivity index (χ1n) is 7.42. The molecule has 3 N–H and O–H groups in total. The van der Waals surface area contributed by atoms with E-state index >= 15 is 0 Å². The van der Waals surface area contributed by atoms with Crippen LogP contribution in [0.2, 0.25) is 0 Å². The highest BCUT2D eigenvalue weighted by Crippen LogP contribution is 2.37. The van der Waals surface area contributed by atoms with Crippen molar-refractivity contribution in [2.24, 2.45) is 5.84 Å². The van der Waals surface area contributed by atoms with Gasteiger partial charge in [-0.2, -0.15) is 8.78 Å². The summed E-state index contributed by atoms with van der Waals surface area (Å²) in [6, 6.07) is 11.6. The van der Waals surface area contributed by atoms with Crippen LogP contribution >= 0.6 is 0 Å². The lowest BCUT2D eigenvalue weighted by Crippen LogP contribution is -2.30. The highest BCUT2D eigenvalue weighted by Gasteiger charge is 2.23. The van der Waals surface area contributed by atoms with Crippen LogP contribution in [-0.2, 0) is 6.42 Å². The SMILES string of the molecule is NNC(=O)c1cccc(C2CCc3ccc(OC(F)F)cc3O2)c1. The smallest absolute Gasteiger partial charge is 0.387 e. The number of hydrogen-bond acceptors (Lipinski definition) is 4. The molecule has 1 amide bonds. The molecular formula is C17H16F2N2O3. The van der Waals surface area contributed by atoms with Gasteiger partial charge in [0.05, 0.1) is 0 Å². The monoisotopic (exact) mass is 334 g/mol. The van der Waals surface area contributed by atoms with Crippen LogP contribution in [0.5, 0.6) is 11.5 Å². The summed E-state index contributed by atoms with van der Waals surface area (Å²) in [5, 5.41) is 0. The molecule has 2 aromatic carbocycles. The minimum Gasteiger partial charge on any atom is -0.485 e. The van der Waals surface area contributed by atoms with E-state index in [2.05, 4.69) is 10.2 Å². The van der Waals surface area contributed by atoms with E-state index in [1.54, 1.807) is 24.3 Å². The lowest BCUT2D eigenvalue weighted by Gasteiger charge is -2.27. The Morgan fingerprint density at radius 3 is 2.88 bits per heavy atom. The number of carbonyl (C=O) groups is 1. The number of benzene rings is 2. The third kappa shape index (κ3) is 3.46. The fraction of sp³-hybridized carbons (Fsp3) is 0.235. The number of hydrazine groups is 1. The number of carbonyl (C=O) groups excluding carboxylic acids is 1. The summed E-state index contributed by atoms with van der Waals surface area (Å²) in [7, 11) is 0. The third-order valence-corrected chi connectivity index (χ3v) is 3.86. The van der Waals surface area contributed by atoms with Gasteiger partial charge < -0.3 is 9.47 Å². The van der Waals surface area contributed by atoms with Gasteiger partial charge in [-0.3, -0.25) is 10.2 Å². The Bertz CT molecular complexity index is 752. The van der Waals surface area contributed by atoms with Gasteiger partial charge in [-0.15, -0.1) is 0 Å². The van der Waals surface area contributed by atoms with Gasteiger partial charge in [0, 0.05) is 11.6 Å². The number of hydrogen-bond donors (Lipinski definition) is 2. The van der Waals surface area contributed by atoms with Crippen LogP contribution in [0.3, 0.4) is 0 Å². The Morgan fingerprint density at radius 2 is 2.12 bits per heavy atom. The molecule has 0 saturated carbocycles. The predicted octanol–water partition coefficient (Wildman–Crippen LogP) is 2.96. The van der Waals surface area contributed by atoms with Crippen LogP contribution in [0.1, 0.15) is 34.0 Å². The van der Waals surface area contributed by atoms with Crippen LogP contribution in [0.25, 0.3) is 0 Å². The number of alkyl halides is 2. The molecule has 0 aliphatic carbocycles. The molecule has 0 fully saturated rings. The number of nitrogens with one attached hydrogen (secondary N) is 1. The summed E-state index contributed by atoms with van der Waals surface area (Å²) in [5.41, 5.74) is 4.27. The summed E-state index contributed by atoms with van der Waals surface area (Å²) in [6.07, 6.45) is 1.18. The zero-order valence-electron chi connectivity index (χ0n) is 12.7. The Hall–Kier alpha value is -2.67. The van der Waals surface area contributed by atoms with E-state index in [0.717, 1.165) is 24.0 Å². The summed E-state index contributed by atoms with van der Waals surface area (Å²) in [4.78, 5) is 11.6. The molecule has 1 atom stereocenters. The number of aryl methyl sites for hydroxylation is 1. The van der Waals surface area contributed by atoms with Crippen molar-refractivity contribution < 1.29 is 23.0 Å².